The van der Waals surface area contributed by atoms with Crippen LogP contribution in [-0.2, 0) is 16.4 Å². The van der Waals surface area contributed by atoms with Crippen molar-refractivity contribution >= 4 is 11.7 Å². The van der Waals surface area contributed by atoms with Crippen LogP contribution >= 0.6 is 0 Å². The van der Waals surface area contributed by atoms with Crippen LogP contribution in [0.25, 0.3) is 0 Å². The minimum Gasteiger partial charge on any atom is -0.353 e. The van der Waals surface area contributed by atoms with Crippen molar-refractivity contribution in [3.05, 3.63) is 54.0 Å². The number of amides is 1. The number of aromatic nitrogens is 2. The highest BCUT2D eigenvalue weighted by molar-refractivity contribution is 5.78. The van der Waals surface area contributed by atoms with Crippen LogP contribution in [0.3, 0.4) is 0 Å². The molecule has 0 saturated carbocycles. The van der Waals surface area contributed by atoms with Crippen LogP contribution in [0.1, 0.15) is 37.8 Å². The summed E-state index contributed by atoms with van der Waals surface area (Å²) >= 11 is 0. The standard InChI is InChI=1S/C27H37F3N6O/c1-21(2)17-32-20-26(22-4-3-5-23(16-22)27(28,29)30)6-10-36(11-7-26)25(37)19-34-12-14-35(15-13-34)24-18-31-8-9-33-24/h3-5,8-9,16,18,21,32H,6-7,10-15,17,19-20H2,1-2H3. The summed E-state index contributed by atoms with van der Waals surface area (Å²) in [5.74, 6) is 1.37. The Hall–Kier alpha value is -2.72. The third kappa shape index (κ3) is 6.98. The number of piperidine rings is 1. The van der Waals surface area contributed by atoms with Gasteiger partial charge in [-0.05, 0) is 36.9 Å². The van der Waals surface area contributed by atoms with E-state index in [-0.39, 0.29) is 5.91 Å². The van der Waals surface area contributed by atoms with Gasteiger partial charge in [0.1, 0.15) is 5.82 Å². The lowest BCUT2D eigenvalue weighted by molar-refractivity contribution is -0.137. The Labute approximate surface area is 217 Å². The summed E-state index contributed by atoms with van der Waals surface area (Å²) in [6.45, 7) is 10.1. The first kappa shape index (κ1) is 27.3. The zero-order valence-corrected chi connectivity index (χ0v) is 21.7. The first-order valence-electron chi connectivity index (χ1n) is 13.1. The molecule has 202 valence electrons. The third-order valence-corrected chi connectivity index (χ3v) is 7.50. The summed E-state index contributed by atoms with van der Waals surface area (Å²) in [4.78, 5) is 27.8. The number of benzene rings is 1. The third-order valence-electron chi connectivity index (χ3n) is 7.50. The van der Waals surface area contributed by atoms with Gasteiger partial charge in [-0.2, -0.15) is 13.2 Å². The number of alkyl halides is 3. The van der Waals surface area contributed by atoms with E-state index in [0.717, 1.165) is 44.6 Å². The number of likely N-dealkylation sites (tertiary alicyclic amines) is 1. The molecule has 0 unspecified atom stereocenters. The zero-order valence-electron chi connectivity index (χ0n) is 21.7. The summed E-state index contributed by atoms with van der Waals surface area (Å²) in [5, 5.41) is 3.47. The van der Waals surface area contributed by atoms with E-state index in [1.165, 1.54) is 12.1 Å². The molecule has 7 nitrogen and oxygen atoms in total. The highest BCUT2D eigenvalue weighted by atomic mass is 19.4. The number of carbonyl (C=O) groups excluding carboxylic acids is 1. The minimum absolute atomic E-state index is 0.0840. The number of rotatable bonds is 8. The normalized spacial score (nSPS) is 18.9. The lowest BCUT2D eigenvalue weighted by Gasteiger charge is -2.43. The molecule has 0 aliphatic carbocycles. The Balaban J connectivity index is 1.36. The highest BCUT2D eigenvalue weighted by Gasteiger charge is 2.39. The number of nitrogens with one attached hydrogen (secondary N) is 1. The number of anilines is 1. The van der Waals surface area contributed by atoms with E-state index in [9.17, 15) is 18.0 Å². The van der Waals surface area contributed by atoms with E-state index < -0.39 is 17.2 Å². The number of nitrogens with zero attached hydrogens (tertiary/aromatic N) is 5. The lowest BCUT2D eigenvalue weighted by Crippen LogP contribution is -2.53. The van der Waals surface area contributed by atoms with E-state index >= 15 is 0 Å². The zero-order chi connectivity index (χ0) is 26.5. The molecule has 0 atom stereocenters. The molecular weight excluding hydrogens is 481 g/mol. The van der Waals surface area contributed by atoms with Crippen LogP contribution in [0.4, 0.5) is 19.0 Å². The average molecular weight is 519 g/mol. The summed E-state index contributed by atoms with van der Waals surface area (Å²) < 4.78 is 40.3. The minimum atomic E-state index is -4.38. The molecule has 2 fully saturated rings. The molecule has 0 radical (unpaired) electrons. The van der Waals surface area contributed by atoms with Crippen LogP contribution < -0.4 is 10.2 Å². The van der Waals surface area contributed by atoms with Gasteiger partial charge in [-0.15, -0.1) is 0 Å². The Morgan fingerprint density at radius 2 is 1.81 bits per heavy atom. The summed E-state index contributed by atoms with van der Waals surface area (Å²) in [6, 6.07) is 5.73. The van der Waals surface area contributed by atoms with Gasteiger partial charge in [0.25, 0.3) is 0 Å². The van der Waals surface area contributed by atoms with Crippen molar-refractivity contribution in [2.45, 2.75) is 38.3 Å². The monoisotopic (exact) mass is 518 g/mol. The molecule has 2 aliphatic heterocycles. The Morgan fingerprint density at radius 1 is 1.08 bits per heavy atom. The van der Waals surface area contributed by atoms with Crippen molar-refractivity contribution in [2.75, 3.05) is 63.8 Å². The molecule has 1 amide bonds. The fourth-order valence-electron chi connectivity index (χ4n) is 5.26. The Morgan fingerprint density at radius 3 is 2.43 bits per heavy atom. The van der Waals surface area contributed by atoms with Gasteiger partial charge in [0.05, 0.1) is 18.3 Å². The van der Waals surface area contributed by atoms with E-state index in [2.05, 4.69) is 38.9 Å². The van der Waals surface area contributed by atoms with E-state index in [1.54, 1.807) is 24.7 Å². The van der Waals surface area contributed by atoms with Crippen molar-refractivity contribution in [1.82, 2.24) is 25.1 Å². The van der Waals surface area contributed by atoms with Crippen LogP contribution in [0.5, 0.6) is 0 Å². The average Bonchev–Trinajstić information content (AvgIpc) is 2.89. The molecule has 1 aromatic carbocycles. The summed E-state index contributed by atoms with van der Waals surface area (Å²) in [7, 11) is 0. The van der Waals surface area contributed by atoms with Gasteiger partial charge in [-0.3, -0.25) is 14.7 Å². The van der Waals surface area contributed by atoms with E-state index in [0.29, 0.717) is 50.5 Å². The smallest absolute Gasteiger partial charge is 0.353 e. The van der Waals surface area contributed by atoms with Crippen molar-refractivity contribution in [3.8, 4) is 0 Å². The second-order valence-corrected chi connectivity index (χ2v) is 10.6. The molecule has 4 rings (SSSR count). The predicted molar refractivity (Wildman–Crippen MR) is 137 cm³/mol. The van der Waals surface area contributed by atoms with Crippen LogP contribution in [0.2, 0.25) is 0 Å². The fourth-order valence-corrected chi connectivity index (χ4v) is 5.26. The molecular formula is C27H37F3N6O. The van der Waals surface area contributed by atoms with Crippen LogP contribution in [0, 0.1) is 5.92 Å². The lowest BCUT2D eigenvalue weighted by atomic mass is 9.72. The fraction of sp³-hybridized carbons (Fsp3) is 0.593. The number of halogens is 3. The molecule has 1 aromatic heterocycles. The van der Waals surface area contributed by atoms with Crippen LogP contribution in [-0.4, -0.2) is 84.6 Å². The molecule has 0 spiro atoms. The molecule has 3 heterocycles. The molecule has 2 aliphatic rings. The first-order chi connectivity index (χ1) is 17.7. The van der Waals surface area contributed by atoms with Crippen LogP contribution in [0.15, 0.2) is 42.9 Å². The number of hydrogen-bond donors (Lipinski definition) is 1. The van der Waals surface area contributed by atoms with Gasteiger partial charge in [-0.25, -0.2) is 4.98 Å². The maximum atomic E-state index is 13.4. The van der Waals surface area contributed by atoms with E-state index in [1.807, 2.05) is 4.90 Å². The molecule has 2 saturated heterocycles. The van der Waals surface area contributed by atoms with Gasteiger partial charge in [0.2, 0.25) is 5.91 Å². The predicted octanol–water partition coefficient (Wildman–Crippen LogP) is 3.42. The van der Waals surface area contributed by atoms with Crippen molar-refractivity contribution in [1.29, 1.82) is 0 Å². The molecule has 37 heavy (non-hydrogen) atoms. The van der Waals surface area contributed by atoms with Crippen molar-refractivity contribution in [3.63, 3.8) is 0 Å². The number of hydrogen-bond acceptors (Lipinski definition) is 6. The maximum Gasteiger partial charge on any atom is 0.416 e. The topological polar surface area (TPSA) is 64.6 Å². The second-order valence-electron chi connectivity index (χ2n) is 10.6. The van der Waals surface area contributed by atoms with Gasteiger partial charge in [0.15, 0.2) is 0 Å². The summed E-state index contributed by atoms with van der Waals surface area (Å²) in [6.07, 6.45) is 1.97. The molecule has 10 heteroatoms. The molecule has 2 aromatic rings. The quantitative estimate of drug-likeness (QED) is 0.578. The first-order valence-corrected chi connectivity index (χ1v) is 13.1. The second kappa shape index (κ2) is 11.8. The molecule has 0 bridgehead atoms. The van der Waals surface area contributed by atoms with Gasteiger partial charge in [-0.1, -0.05) is 32.0 Å². The van der Waals surface area contributed by atoms with Gasteiger partial charge in [0, 0.05) is 63.6 Å². The van der Waals surface area contributed by atoms with Crippen molar-refractivity contribution < 1.29 is 18.0 Å². The molecule has 1 N–H and O–H groups in total. The van der Waals surface area contributed by atoms with Gasteiger partial charge >= 0.3 is 6.18 Å². The summed E-state index contributed by atoms with van der Waals surface area (Å²) in [5.41, 5.74) is -0.354. The Kier molecular flexibility index (Phi) is 8.69. The van der Waals surface area contributed by atoms with E-state index in [4.69, 9.17) is 0 Å². The maximum absolute atomic E-state index is 13.4. The highest BCUT2D eigenvalue weighted by Crippen LogP contribution is 2.38. The van der Waals surface area contributed by atoms with Gasteiger partial charge < -0.3 is 15.1 Å². The number of carbonyl (C=O) groups is 1. The SMILES string of the molecule is CC(C)CNCC1(c2cccc(C(F)(F)F)c2)CCN(C(=O)CN2CCN(c3cnccn3)CC2)CC1. The largest absolute Gasteiger partial charge is 0.416 e. The number of piperazine rings is 1. The van der Waals surface area contributed by atoms with Crippen molar-refractivity contribution in [2.24, 2.45) is 5.92 Å². The Bertz CT molecular complexity index is 1020.